The first-order valence-corrected chi connectivity index (χ1v) is 8.78. The van der Waals surface area contributed by atoms with Crippen molar-refractivity contribution in [3.05, 3.63) is 60.2 Å². The molecular formula is C17H13Cl3N2O5. The van der Waals surface area contributed by atoms with E-state index < -0.39 is 28.1 Å². The highest BCUT2D eigenvalue weighted by molar-refractivity contribution is 6.68. The molecule has 0 aliphatic carbocycles. The van der Waals surface area contributed by atoms with E-state index in [1.165, 1.54) is 12.1 Å². The van der Waals surface area contributed by atoms with Crippen LogP contribution in [0.15, 0.2) is 54.6 Å². The van der Waals surface area contributed by atoms with Gasteiger partial charge in [-0.05, 0) is 24.3 Å². The fraction of sp³-hybridized carbons (Fsp3) is 0.176. The Bertz CT molecular complexity index is 844. The fourth-order valence-electron chi connectivity index (χ4n) is 2.29. The van der Waals surface area contributed by atoms with E-state index in [-0.39, 0.29) is 11.4 Å². The zero-order valence-corrected chi connectivity index (χ0v) is 15.8. The predicted molar refractivity (Wildman–Crippen MR) is 99.6 cm³/mol. The number of amides is 2. The molecule has 10 heteroatoms. The van der Waals surface area contributed by atoms with E-state index in [2.05, 4.69) is 5.32 Å². The Kier molecular flexibility index (Phi) is 5.78. The lowest BCUT2D eigenvalue weighted by molar-refractivity contribution is -0.154. The highest BCUT2D eigenvalue weighted by Crippen LogP contribution is 2.37. The molecule has 27 heavy (non-hydrogen) atoms. The Balaban J connectivity index is 1.87. The number of nitrogens with one attached hydrogen (secondary N) is 1. The van der Waals surface area contributed by atoms with Crippen LogP contribution >= 0.6 is 34.8 Å². The molecule has 0 radical (unpaired) electrons. The number of anilines is 1. The zero-order chi connectivity index (χ0) is 19.6. The number of para-hydroxylation sites is 2. The lowest BCUT2D eigenvalue weighted by Crippen LogP contribution is -2.54. The molecule has 0 saturated carbocycles. The Morgan fingerprint density at radius 1 is 1.15 bits per heavy atom. The third kappa shape index (κ3) is 4.45. The van der Waals surface area contributed by atoms with Crippen LogP contribution < -0.4 is 15.1 Å². The van der Waals surface area contributed by atoms with Gasteiger partial charge in [-0.25, -0.2) is 4.84 Å². The van der Waals surface area contributed by atoms with Gasteiger partial charge >= 0.3 is 5.91 Å². The van der Waals surface area contributed by atoms with Crippen LogP contribution in [-0.4, -0.2) is 33.2 Å². The molecule has 1 aliphatic rings. The summed E-state index contributed by atoms with van der Waals surface area (Å²) in [4.78, 5) is 30.2. The Labute approximate surface area is 169 Å². The summed E-state index contributed by atoms with van der Waals surface area (Å²) in [5.41, 5.74) is 0.482. The number of halogens is 3. The first-order valence-electron chi connectivity index (χ1n) is 7.64. The number of hydrogen-bond acceptors (Lipinski definition) is 5. The lowest BCUT2D eigenvalue weighted by Gasteiger charge is -2.35. The molecule has 2 N–H and O–H groups in total. The number of ether oxygens (including phenoxy) is 1. The summed E-state index contributed by atoms with van der Waals surface area (Å²) in [5.74, 6) is -1.34. The summed E-state index contributed by atoms with van der Waals surface area (Å²) < 4.78 is 2.97. The maximum atomic E-state index is 12.4. The van der Waals surface area contributed by atoms with E-state index in [0.717, 1.165) is 5.06 Å². The monoisotopic (exact) mass is 430 g/mol. The number of alkyl halides is 3. The van der Waals surface area contributed by atoms with Gasteiger partial charge in [-0.3, -0.25) is 9.59 Å². The molecule has 0 fully saturated rings. The summed E-state index contributed by atoms with van der Waals surface area (Å²) in [6.45, 7) is 0. The van der Waals surface area contributed by atoms with Crippen molar-refractivity contribution < 1.29 is 24.3 Å². The second kappa shape index (κ2) is 7.92. The van der Waals surface area contributed by atoms with Gasteiger partial charge in [-0.15, -0.1) is 0 Å². The normalized spacial score (nSPS) is 17.7. The average Bonchev–Trinajstić information content (AvgIpc) is 2.64. The Hall–Kier alpha value is -2.03. The van der Waals surface area contributed by atoms with Crippen molar-refractivity contribution >= 4 is 52.3 Å². The molecule has 7 nitrogen and oxygen atoms in total. The molecule has 2 amide bonds. The third-order valence-electron chi connectivity index (χ3n) is 3.54. The standard InChI is InChI=1S/C17H13Cl3N2O5/c18-17(19,20)16(21-13(23)10-6-2-1-3-7-10)27-22-11-8-4-5-9-12(11)26-15(25)14(22)24/h1-9,15-16,25H,(H,21,23)/t15-,16-/m0/s1. The molecule has 2 aromatic rings. The topological polar surface area (TPSA) is 88.1 Å². The molecule has 0 bridgehead atoms. The average molecular weight is 432 g/mol. The van der Waals surface area contributed by atoms with Crippen LogP contribution in [0.4, 0.5) is 5.69 Å². The maximum absolute atomic E-state index is 12.4. The molecule has 0 spiro atoms. The van der Waals surface area contributed by atoms with Crippen LogP contribution in [0, 0.1) is 0 Å². The molecule has 1 aliphatic heterocycles. The second-order valence-electron chi connectivity index (χ2n) is 5.44. The van der Waals surface area contributed by atoms with Crippen molar-refractivity contribution in [2.24, 2.45) is 0 Å². The number of nitrogens with zero attached hydrogens (tertiary/aromatic N) is 1. The van der Waals surface area contributed by atoms with Gasteiger partial charge in [-0.2, -0.15) is 5.06 Å². The van der Waals surface area contributed by atoms with E-state index in [1.807, 2.05) is 0 Å². The molecule has 2 atom stereocenters. The highest BCUT2D eigenvalue weighted by atomic mass is 35.6. The van der Waals surface area contributed by atoms with Crippen LogP contribution in [-0.2, 0) is 9.63 Å². The molecule has 0 unspecified atom stereocenters. The van der Waals surface area contributed by atoms with Crippen LogP contribution in [0.2, 0.25) is 0 Å². The van der Waals surface area contributed by atoms with Crippen molar-refractivity contribution in [1.82, 2.24) is 5.32 Å². The number of hydroxylamine groups is 1. The van der Waals surface area contributed by atoms with Gasteiger partial charge in [0.1, 0.15) is 11.4 Å². The minimum atomic E-state index is -2.12. The Morgan fingerprint density at radius 2 is 1.78 bits per heavy atom. The van der Waals surface area contributed by atoms with Crippen molar-refractivity contribution in [2.75, 3.05) is 5.06 Å². The fourth-order valence-corrected chi connectivity index (χ4v) is 2.57. The van der Waals surface area contributed by atoms with Crippen LogP contribution in [0.5, 0.6) is 5.75 Å². The summed E-state index contributed by atoms with van der Waals surface area (Å²) >= 11 is 17.8. The first kappa shape index (κ1) is 19.7. The van der Waals surface area contributed by atoms with Crippen molar-refractivity contribution in [3.8, 4) is 5.75 Å². The number of aliphatic hydroxyl groups is 1. The summed E-state index contributed by atoms with van der Waals surface area (Å²) in [5, 5.41) is 12.9. The Morgan fingerprint density at radius 3 is 2.44 bits per heavy atom. The molecule has 0 aromatic heterocycles. The highest BCUT2D eigenvalue weighted by Gasteiger charge is 2.42. The van der Waals surface area contributed by atoms with E-state index >= 15 is 0 Å². The predicted octanol–water partition coefficient (Wildman–Crippen LogP) is 2.79. The smallest absolute Gasteiger partial charge is 0.320 e. The van der Waals surface area contributed by atoms with E-state index in [0.29, 0.717) is 5.56 Å². The molecule has 3 rings (SSSR count). The number of aliphatic hydroxyl groups excluding tert-OH is 1. The van der Waals surface area contributed by atoms with Crippen LogP contribution in [0.1, 0.15) is 10.4 Å². The summed E-state index contributed by atoms with van der Waals surface area (Å²) in [6.07, 6.45) is -3.35. The zero-order valence-electron chi connectivity index (χ0n) is 13.5. The van der Waals surface area contributed by atoms with Crippen molar-refractivity contribution in [3.63, 3.8) is 0 Å². The van der Waals surface area contributed by atoms with Gasteiger partial charge in [0.05, 0.1) is 0 Å². The number of benzene rings is 2. The minimum absolute atomic E-state index is 0.181. The lowest BCUT2D eigenvalue weighted by atomic mass is 10.2. The molecule has 0 saturated heterocycles. The second-order valence-corrected chi connectivity index (χ2v) is 7.81. The van der Waals surface area contributed by atoms with E-state index in [4.69, 9.17) is 44.4 Å². The first-order chi connectivity index (χ1) is 12.8. The number of carbonyl (C=O) groups is 2. The van der Waals surface area contributed by atoms with Gasteiger partial charge in [0.2, 0.25) is 10.0 Å². The van der Waals surface area contributed by atoms with E-state index in [9.17, 15) is 14.7 Å². The number of carbonyl (C=O) groups excluding carboxylic acids is 2. The van der Waals surface area contributed by atoms with Gasteiger partial charge in [-0.1, -0.05) is 65.1 Å². The third-order valence-corrected chi connectivity index (χ3v) is 4.13. The summed E-state index contributed by atoms with van der Waals surface area (Å²) in [6, 6.07) is 14.5. The van der Waals surface area contributed by atoms with Gasteiger partial charge in [0.15, 0.2) is 0 Å². The molecule has 142 valence electrons. The van der Waals surface area contributed by atoms with Crippen molar-refractivity contribution in [2.45, 2.75) is 16.3 Å². The maximum Gasteiger partial charge on any atom is 0.320 e. The molecular weight excluding hydrogens is 419 g/mol. The van der Waals surface area contributed by atoms with Gasteiger partial charge in [0, 0.05) is 5.56 Å². The SMILES string of the molecule is O=C(N[C@@H](ON1C(=O)[C@@H](O)Oc2ccccc21)C(Cl)(Cl)Cl)c1ccccc1. The molecule has 2 aromatic carbocycles. The number of rotatable bonds is 4. The largest absolute Gasteiger partial charge is 0.453 e. The quantitative estimate of drug-likeness (QED) is 0.574. The van der Waals surface area contributed by atoms with Gasteiger partial charge in [0.25, 0.3) is 12.2 Å². The summed E-state index contributed by atoms with van der Waals surface area (Å²) in [7, 11) is 0. The van der Waals surface area contributed by atoms with E-state index in [1.54, 1.807) is 42.5 Å². The number of fused-ring (bicyclic) bond motifs is 1. The number of hydrogen-bond donors (Lipinski definition) is 2. The van der Waals surface area contributed by atoms with Gasteiger partial charge < -0.3 is 15.2 Å². The molecule has 1 heterocycles. The van der Waals surface area contributed by atoms with Crippen LogP contribution in [0.25, 0.3) is 0 Å². The minimum Gasteiger partial charge on any atom is -0.453 e. The van der Waals surface area contributed by atoms with Crippen molar-refractivity contribution in [1.29, 1.82) is 0 Å². The van der Waals surface area contributed by atoms with Crippen LogP contribution in [0.3, 0.4) is 0 Å².